The van der Waals surface area contributed by atoms with Gasteiger partial charge in [0.2, 0.25) is 5.91 Å². The van der Waals surface area contributed by atoms with Crippen LogP contribution in [0.15, 0.2) is 12.5 Å². The Morgan fingerprint density at radius 1 is 1.53 bits per heavy atom. The van der Waals surface area contributed by atoms with Crippen LogP contribution in [-0.2, 0) is 4.79 Å². The monoisotopic (exact) mass is 236 g/mol. The maximum atomic E-state index is 11.8. The highest BCUT2D eigenvalue weighted by Gasteiger charge is 2.34. The predicted octanol–water partition coefficient (Wildman–Crippen LogP) is 1.08. The molecule has 1 aliphatic rings. The number of aromatic nitrogens is 2. The quantitative estimate of drug-likeness (QED) is 0.835. The molecule has 5 nitrogen and oxygen atoms in total. The number of carbonyl (C=O) groups excluding carboxylic acids is 1. The zero-order valence-electron chi connectivity index (χ0n) is 10.6. The summed E-state index contributed by atoms with van der Waals surface area (Å²) in [6.07, 6.45) is 4.92. The minimum absolute atomic E-state index is 0.00750. The van der Waals surface area contributed by atoms with Crippen molar-refractivity contribution in [1.82, 2.24) is 14.5 Å². The average molecular weight is 236 g/mol. The van der Waals surface area contributed by atoms with Gasteiger partial charge in [-0.15, -0.1) is 0 Å². The molecule has 2 rings (SSSR count). The second-order valence-corrected chi connectivity index (χ2v) is 4.97. The van der Waals surface area contributed by atoms with Crippen LogP contribution in [0.2, 0.25) is 0 Å². The Balaban J connectivity index is 2.36. The van der Waals surface area contributed by atoms with Crippen LogP contribution in [0.4, 0.5) is 0 Å². The number of nitrogens with two attached hydrogens (primary N) is 1. The number of likely N-dealkylation sites (tertiary alicyclic amines) is 1. The molecule has 1 saturated heterocycles. The van der Waals surface area contributed by atoms with Crippen LogP contribution in [0, 0.1) is 0 Å². The molecule has 1 aromatic heterocycles. The zero-order valence-corrected chi connectivity index (χ0v) is 10.6. The van der Waals surface area contributed by atoms with Gasteiger partial charge >= 0.3 is 0 Å². The van der Waals surface area contributed by atoms with Gasteiger partial charge in [0.05, 0.1) is 24.3 Å². The summed E-state index contributed by atoms with van der Waals surface area (Å²) in [6.45, 7) is 4.20. The topological polar surface area (TPSA) is 64.2 Å². The van der Waals surface area contributed by atoms with Crippen molar-refractivity contribution < 1.29 is 4.79 Å². The molecule has 17 heavy (non-hydrogen) atoms. The Hall–Kier alpha value is -1.36. The molecule has 1 fully saturated rings. The number of likely N-dealkylation sites (N-methyl/N-ethyl adjacent to an activating group) is 1. The molecule has 0 spiro atoms. The third-order valence-corrected chi connectivity index (χ3v) is 3.46. The average Bonchev–Trinajstić information content (AvgIpc) is 2.73. The van der Waals surface area contributed by atoms with E-state index in [1.165, 1.54) is 0 Å². The van der Waals surface area contributed by atoms with Gasteiger partial charge in [0.15, 0.2) is 0 Å². The normalized spacial score (nSPS) is 25.7. The third-order valence-electron chi connectivity index (χ3n) is 3.46. The van der Waals surface area contributed by atoms with Crippen molar-refractivity contribution in [3.05, 3.63) is 18.2 Å². The molecule has 0 radical (unpaired) electrons. The highest BCUT2D eigenvalue weighted by molar-refractivity contribution is 5.77. The summed E-state index contributed by atoms with van der Waals surface area (Å²) in [7, 11) is 1.82. The van der Waals surface area contributed by atoms with Crippen LogP contribution in [0.1, 0.15) is 44.5 Å². The van der Waals surface area contributed by atoms with Crippen LogP contribution in [0.3, 0.4) is 0 Å². The first-order chi connectivity index (χ1) is 8.02. The molecule has 0 aliphatic carbocycles. The van der Waals surface area contributed by atoms with E-state index in [1.54, 1.807) is 11.2 Å². The van der Waals surface area contributed by atoms with Crippen molar-refractivity contribution in [3.8, 4) is 0 Å². The Morgan fingerprint density at radius 2 is 2.24 bits per heavy atom. The van der Waals surface area contributed by atoms with Crippen LogP contribution in [-0.4, -0.2) is 33.4 Å². The fraction of sp³-hybridized carbons (Fsp3) is 0.667. The van der Waals surface area contributed by atoms with E-state index < -0.39 is 0 Å². The van der Waals surface area contributed by atoms with E-state index in [9.17, 15) is 4.79 Å². The number of imidazole rings is 1. The summed E-state index contributed by atoms with van der Waals surface area (Å²) < 4.78 is 2.08. The second kappa shape index (κ2) is 4.49. The van der Waals surface area contributed by atoms with Crippen molar-refractivity contribution in [2.24, 2.45) is 5.73 Å². The summed E-state index contributed by atoms with van der Waals surface area (Å²) in [5.41, 5.74) is 7.19. The van der Waals surface area contributed by atoms with Gasteiger partial charge < -0.3 is 15.2 Å². The van der Waals surface area contributed by atoms with Crippen molar-refractivity contribution in [2.45, 2.75) is 44.8 Å². The highest BCUT2D eigenvalue weighted by Crippen LogP contribution is 2.30. The molecule has 94 valence electrons. The van der Waals surface area contributed by atoms with E-state index in [2.05, 4.69) is 23.4 Å². The SMILES string of the molecule is CC(C)n1cncc1C1C(N)CCC(=O)N1C. The molecular formula is C12H20N4O. The van der Waals surface area contributed by atoms with Crippen LogP contribution >= 0.6 is 0 Å². The highest BCUT2D eigenvalue weighted by atomic mass is 16.2. The molecule has 2 atom stereocenters. The van der Waals surface area contributed by atoms with Crippen LogP contribution < -0.4 is 5.73 Å². The molecule has 0 aromatic carbocycles. The van der Waals surface area contributed by atoms with Gasteiger partial charge in [-0.1, -0.05) is 0 Å². The Labute approximate surface area is 102 Å². The van der Waals surface area contributed by atoms with E-state index in [4.69, 9.17) is 5.73 Å². The first-order valence-corrected chi connectivity index (χ1v) is 6.05. The maximum Gasteiger partial charge on any atom is 0.222 e. The molecule has 1 aliphatic heterocycles. The minimum Gasteiger partial charge on any atom is -0.336 e. The fourth-order valence-electron chi connectivity index (χ4n) is 2.46. The number of hydrogen-bond acceptors (Lipinski definition) is 3. The van der Waals surface area contributed by atoms with Crippen LogP contribution in [0.5, 0.6) is 0 Å². The van der Waals surface area contributed by atoms with Gasteiger partial charge in [0.25, 0.3) is 0 Å². The van der Waals surface area contributed by atoms with Crippen LogP contribution in [0.25, 0.3) is 0 Å². The minimum atomic E-state index is -0.0545. The number of nitrogens with zero attached hydrogens (tertiary/aromatic N) is 3. The number of rotatable bonds is 2. The van der Waals surface area contributed by atoms with E-state index in [0.717, 1.165) is 12.1 Å². The van der Waals surface area contributed by atoms with Gasteiger partial charge in [-0.25, -0.2) is 4.98 Å². The number of amides is 1. The summed E-state index contributed by atoms with van der Waals surface area (Å²) in [5.74, 6) is 0.160. The zero-order chi connectivity index (χ0) is 12.6. The van der Waals surface area contributed by atoms with Crippen molar-refractivity contribution in [1.29, 1.82) is 0 Å². The lowest BCUT2D eigenvalue weighted by molar-refractivity contribution is -0.135. The summed E-state index contributed by atoms with van der Waals surface area (Å²) >= 11 is 0. The molecule has 2 heterocycles. The Bertz CT molecular complexity index is 412. The lowest BCUT2D eigenvalue weighted by Crippen LogP contribution is -2.47. The predicted molar refractivity (Wildman–Crippen MR) is 65.3 cm³/mol. The maximum absolute atomic E-state index is 11.8. The lowest BCUT2D eigenvalue weighted by Gasteiger charge is -2.37. The molecule has 1 aromatic rings. The van der Waals surface area contributed by atoms with Crippen molar-refractivity contribution >= 4 is 5.91 Å². The van der Waals surface area contributed by atoms with E-state index in [-0.39, 0.29) is 18.0 Å². The largest absolute Gasteiger partial charge is 0.336 e. The number of hydrogen-bond donors (Lipinski definition) is 1. The Morgan fingerprint density at radius 3 is 2.88 bits per heavy atom. The van der Waals surface area contributed by atoms with Gasteiger partial charge in [0, 0.05) is 25.6 Å². The summed E-state index contributed by atoms with van der Waals surface area (Å²) in [5, 5.41) is 0. The fourth-order valence-corrected chi connectivity index (χ4v) is 2.46. The van der Waals surface area contributed by atoms with E-state index in [1.807, 2.05) is 13.2 Å². The smallest absolute Gasteiger partial charge is 0.222 e. The molecular weight excluding hydrogens is 216 g/mol. The van der Waals surface area contributed by atoms with Gasteiger partial charge in [-0.05, 0) is 20.3 Å². The third kappa shape index (κ3) is 2.07. The molecule has 1 amide bonds. The molecule has 2 N–H and O–H groups in total. The standard InChI is InChI=1S/C12H20N4O/c1-8(2)16-7-14-6-10(16)12-9(13)4-5-11(17)15(12)3/h6-9,12H,4-5,13H2,1-3H3. The number of piperidine rings is 1. The van der Waals surface area contributed by atoms with Crippen molar-refractivity contribution in [2.75, 3.05) is 7.05 Å². The lowest BCUT2D eigenvalue weighted by atomic mass is 9.94. The second-order valence-electron chi connectivity index (χ2n) is 4.97. The molecule has 0 saturated carbocycles. The summed E-state index contributed by atoms with van der Waals surface area (Å²) in [4.78, 5) is 17.7. The van der Waals surface area contributed by atoms with Gasteiger partial charge in [-0.3, -0.25) is 4.79 Å². The number of carbonyl (C=O) groups is 1. The van der Waals surface area contributed by atoms with Gasteiger partial charge in [0.1, 0.15) is 0 Å². The first kappa shape index (κ1) is 12.1. The van der Waals surface area contributed by atoms with E-state index in [0.29, 0.717) is 12.5 Å². The van der Waals surface area contributed by atoms with Gasteiger partial charge in [-0.2, -0.15) is 0 Å². The van der Waals surface area contributed by atoms with Crippen molar-refractivity contribution in [3.63, 3.8) is 0 Å². The molecule has 0 bridgehead atoms. The molecule has 2 unspecified atom stereocenters. The first-order valence-electron chi connectivity index (χ1n) is 6.05. The molecule has 5 heteroatoms. The van der Waals surface area contributed by atoms with E-state index >= 15 is 0 Å². The summed E-state index contributed by atoms with van der Waals surface area (Å²) in [6, 6.07) is 0.262. The Kier molecular flexibility index (Phi) is 3.19.